The summed E-state index contributed by atoms with van der Waals surface area (Å²) in [5.74, 6) is 1.71. The molecule has 0 saturated carbocycles. The molecule has 0 spiro atoms. The number of benzene rings is 1. The fourth-order valence-electron chi connectivity index (χ4n) is 2.99. The van der Waals surface area contributed by atoms with E-state index in [0.29, 0.717) is 12.0 Å². The lowest BCUT2D eigenvalue weighted by molar-refractivity contribution is 0.201. The Hall–Kier alpha value is -0.770. The first kappa shape index (κ1) is 17.3. The first-order valence-corrected chi connectivity index (χ1v) is 7.25. The van der Waals surface area contributed by atoms with Crippen LogP contribution in [0.2, 0.25) is 0 Å². The summed E-state index contributed by atoms with van der Waals surface area (Å²) < 4.78 is 5.97. The van der Waals surface area contributed by atoms with Crippen LogP contribution in [0.15, 0.2) is 18.2 Å². The number of rotatable bonds is 5. The highest BCUT2D eigenvalue weighted by Crippen LogP contribution is 2.24. The molecule has 2 unspecified atom stereocenters. The SMILES string of the molecule is Cc1cccc(C)c1OCCN1CC(CN)CC1C.Cl. The van der Waals surface area contributed by atoms with Crippen LogP contribution >= 0.6 is 12.4 Å². The van der Waals surface area contributed by atoms with Gasteiger partial charge in [0.1, 0.15) is 12.4 Å². The van der Waals surface area contributed by atoms with Crippen LogP contribution in [0.25, 0.3) is 0 Å². The summed E-state index contributed by atoms with van der Waals surface area (Å²) in [6.07, 6.45) is 1.22. The number of para-hydroxylation sites is 1. The Morgan fingerprint density at radius 2 is 1.95 bits per heavy atom. The predicted molar refractivity (Wildman–Crippen MR) is 86.9 cm³/mol. The van der Waals surface area contributed by atoms with Crippen LogP contribution in [0.4, 0.5) is 0 Å². The first-order valence-electron chi connectivity index (χ1n) is 7.25. The van der Waals surface area contributed by atoms with Crippen molar-refractivity contribution in [2.24, 2.45) is 11.7 Å². The molecule has 20 heavy (non-hydrogen) atoms. The van der Waals surface area contributed by atoms with Gasteiger partial charge in [-0.3, -0.25) is 4.90 Å². The fraction of sp³-hybridized carbons (Fsp3) is 0.625. The molecular weight excluding hydrogens is 272 g/mol. The van der Waals surface area contributed by atoms with Gasteiger partial charge in [-0.1, -0.05) is 18.2 Å². The molecule has 1 aliphatic rings. The summed E-state index contributed by atoms with van der Waals surface area (Å²) >= 11 is 0. The van der Waals surface area contributed by atoms with Gasteiger partial charge in [0.25, 0.3) is 0 Å². The maximum absolute atomic E-state index is 5.97. The van der Waals surface area contributed by atoms with Crippen molar-refractivity contribution in [1.82, 2.24) is 4.90 Å². The van der Waals surface area contributed by atoms with Gasteiger partial charge in [-0.15, -0.1) is 12.4 Å². The Labute approximate surface area is 128 Å². The number of aryl methyl sites for hydroxylation is 2. The van der Waals surface area contributed by atoms with Crippen molar-refractivity contribution in [1.29, 1.82) is 0 Å². The number of hydrogen-bond acceptors (Lipinski definition) is 3. The largest absolute Gasteiger partial charge is 0.492 e. The normalized spacial score (nSPS) is 22.6. The van der Waals surface area contributed by atoms with Crippen LogP contribution in [-0.2, 0) is 0 Å². The standard InChI is InChI=1S/C16H26N2O.ClH/c1-12-5-4-6-13(2)16(12)19-8-7-18-11-15(10-17)9-14(18)3;/h4-6,14-15H,7-11,17H2,1-3H3;1H. The third kappa shape index (κ3) is 4.11. The molecule has 1 fully saturated rings. The molecule has 0 amide bonds. The van der Waals surface area contributed by atoms with Gasteiger partial charge in [-0.05, 0) is 50.8 Å². The zero-order valence-corrected chi connectivity index (χ0v) is 13.6. The first-order chi connectivity index (χ1) is 9.11. The average molecular weight is 299 g/mol. The number of nitrogens with two attached hydrogens (primary N) is 1. The molecule has 4 heteroatoms. The Bertz CT molecular complexity index is 405. The molecule has 3 nitrogen and oxygen atoms in total. The molecule has 0 aliphatic carbocycles. The van der Waals surface area contributed by atoms with E-state index >= 15 is 0 Å². The fourth-order valence-corrected chi connectivity index (χ4v) is 2.99. The summed E-state index contributed by atoms with van der Waals surface area (Å²) in [7, 11) is 0. The molecule has 0 radical (unpaired) electrons. The average Bonchev–Trinajstić information content (AvgIpc) is 2.74. The third-order valence-corrected chi connectivity index (χ3v) is 4.16. The molecule has 114 valence electrons. The van der Waals surface area contributed by atoms with Crippen molar-refractivity contribution >= 4 is 12.4 Å². The summed E-state index contributed by atoms with van der Waals surface area (Å²) in [6, 6.07) is 6.91. The van der Waals surface area contributed by atoms with E-state index in [2.05, 4.69) is 43.9 Å². The van der Waals surface area contributed by atoms with Gasteiger partial charge in [-0.25, -0.2) is 0 Å². The van der Waals surface area contributed by atoms with Crippen molar-refractivity contribution in [2.75, 3.05) is 26.2 Å². The number of hydrogen-bond donors (Lipinski definition) is 1. The minimum atomic E-state index is 0. The topological polar surface area (TPSA) is 38.5 Å². The van der Waals surface area contributed by atoms with Crippen LogP contribution in [0, 0.1) is 19.8 Å². The third-order valence-electron chi connectivity index (χ3n) is 4.16. The van der Waals surface area contributed by atoms with Gasteiger partial charge in [0.15, 0.2) is 0 Å². The molecule has 1 saturated heterocycles. The highest BCUT2D eigenvalue weighted by Gasteiger charge is 2.27. The van der Waals surface area contributed by atoms with E-state index < -0.39 is 0 Å². The highest BCUT2D eigenvalue weighted by atomic mass is 35.5. The van der Waals surface area contributed by atoms with Gasteiger partial charge >= 0.3 is 0 Å². The van der Waals surface area contributed by atoms with Crippen LogP contribution in [-0.4, -0.2) is 37.2 Å². The molecule has 1 aromatic carbocycles. The highest BCUT2D eigenvalue weighted by molar-refractivity contribution is 5.85. The Balaban J connectivity index is 0.00000200. The van der Waals surface area contributed by atoms with Gasteiger partial charge in [0, 0.05) is 19.1 Å². The second kappa shape index (κ2) is 7.87. The van der Waals surface area contributed by atoms with E-state index in [4.69, 9.17) is 10.5 Å². The van der Waals surface area contributed by atoms with E-state index in [9.17, 15) is 0 Å². The second-order valence-electron chi connectivity index (χ2n) is 5.75. The smallest absolute Gasteiger partial charge is 0.125 e. The van der Waals surface area contributed by atoms with Crippen molar-refractivity contribution < 1.29 is 4.74 Å². The Kier molecular flexibility index (Phi) is 6.80. The maximum atomic E-state index is 5.97. The van der Waals surface area contributed by atoms with Crippen molar-refractivity contribution in [2.45, 2.75) is 33.2 Å². The zero-order chi connectivity index (χ0) is 13.8. The predicted octanol–water partition coefficient (Wildman–Crippen LogP) is 2.77. The van der Waals surface area contributed by atoms with Crippen molar-refractivity contribution in [3.63, 3.8) is 0 Å². The van der Waals surface area contributed by atoms with Gasteiger partial charge in [-0.2, -0.15) is 0 Å². The quantitative estimate of drug-likeness (QED) is 0.908. The second-order valence-corrected chi connectivity index (χ2v) is 5.75. The monoisotopic (exact) mass is 298 g/mol. The van der Waals surface area contributed by atoms with Crippen LogP contribution in [0.3, 0.4) is 0 Å². The molecule has 1 aliphatic heterocycles. The van der Waals surface area contributed by atoms with Crippen LogP contribution < -0.4 is 10.5 Å². The van der Waals surface area contributed by atoms with Crippen LogP contribution in [0.1, 0.15) is 24.5 Å². The van der Waals surface area contributed by atoms with E-state index in [-0.39, 0.29) is 12.4 Å². The van der Waals surface area contributed by atoms with E-state index in [1.165, 1.54) is 17.5 Å². The lowest BCUT2D eigenvalue weighted by atomic mass is 10.1. The van der Waals surface area contributed by atoms with Crippen molar-refractivity contribution in [3.8, 4) is 5.75 Å². The van der Waals surface area contributed by atoms with Gasteiger partial charge < -0.3 is 10.5 Å². The molecule has 2 N–H and O–H groups in total. The molecule has 2 rings (SSSR count). The summed E-state index contributed by atoms with van der Waals surface area (Å²) in [5, 5.41) is 0. The lowest BCUT2D eigenvalue weighted by Gasteiger charge is -2.21. The summed E-state index contributed by atoms with van der Waals surface area (Å²) in [4.78, 5) is 2.49. The molecular formula is C16H27ClN2O. The summed E-state index contributed by atoms with van der Waals surface area (Å²) in [6.45, 7) is 10.2. The number of ether oxygens (including phenoxy) is 1. The number of halogens is 1. The molecule has 0 bridgehead atoms. The maximum Gasteiger partial charge on any atom is 0.125 e. The van der Waals surface area contributed by atoms with E-state index in [1.807, 2.05) is 0 Å². The lowest BCUT2D eigenvalue weighted by Crippen LogP contribution is -2.32. The Morgan fingerprint density at radius 3 is 2.50 bits per heavy atom. The van der Waals surface area contributed by atoms with E-state index in [1.54, 1.807) is 0 Å². The molecule has 2 atom stereocenters. The number of nitrogens with zero attached hydrogens (tertiary/aromatic N) is 1. The van der Waals surface area contributed by atoms with Crippen LogP contribution in [0.5, 0.6) is 5.75 Å². The zero-order valence-electron chi connectivity index (χ0n) is 12.8. The van der Waals surface area contributed by atoms with Gasteiger partial charge in [0.05, 0.1) is 0 Å². The number of likely N-dealkylation sites (tertiary alicyclic amines) is 1. The minimum absolute atomic E-state index is 0. The molecule has 0 aromatic heterocycles. The Morgan fingerprint density at radius 1 is 1.30 bits per heavy atom. The molecule has 1 aromatic rings. The molecule has 1 heterocycles. The minimum Gasteiger partial charge on any atom is -0.492 e. The van der Waals surface area contributed by atoms with Crippen molar-refractivity contribution in [3.05, 3.63) is 29.3 Å². The summed E-state index contributed by atoms with van der Waals surface area (Å²) in [5.41, 5.74) is 8.19. The van der Waals surface area contributed by atoms with E-state index in [0.717, 1.165) is 32.0 Å². The van der Waals surface area contributed by atoms with Gasteiger partial charge in [0.2, 0.25) is 0 Å².